The van der Waals surface area contributed by atoms with Gasteiger partial charge in [-0.2, -0.15) is 5.10 Å². The third-order valence-electron chi connectivity index (χ3n) is 2.71. The normalized spacial score (nSPS) is 20.6. The summed E-state index contributed by atoms with van der Waals surface area (Å²) in [6, 6.07) is 6.47. The van der Waals surface area contributed by atoms with Crippen LogP contribution in [0.3, 0.4) is 0 Å². The summed E-state index contributed by atoms with van der Waals surface area (Å²) in [5.41, 5.74) is 1.40. The zero-order chi connectivity index (χ0) is 15.4. The second-order valence-electron chi connectivity index (χ2n) is 4.33. The number of amides is 1. The molecule has 1 saturated heterocycles. The summed E-state index contributed by atoms with van der Waals surface area (Å²) in [4.78, 5) is 22.1. The number of hydrogen-bond acceptors (Lipinski definition) is 6. The number of phenols is 1. The Morgan fingerprint density at radius 3 is 2.67 bits per heavy atom. The molecule has 21 heavy (non-hydrogen) atoms. The molecule has 1 aliphatic rings. The predicted octanol–water partition coefficient (Wildman–Crippen LogP) is 1.18. The molecule has 1 aliphatic heterocycles. The van der Waals surface area contributed by atoms with Gasteiger partial charge in [0.05, 0.1) is 12.1 Å². The van der Waals surface area contributed by atoms with Gasteiger partial charge in [0.25, 0.3) is 0 Å². The molecule has 1 aromatic rings. The highest BCUT2D eigenvalue weighted by Gasteiger charge is 2.32. The van der Waals surface area contributed by atoms with Gasteiger partial charge in [-0.1, -0.05) is 11.8 Å². The summed E-state index contributed by atoms with van der Waals surface area (Å²) in [5.74, 6) is -1.25. The molecule has 1 heterocycles. The van der Waals surface area contributed by atoms with Gasteiger partial charge in [-0.15, -0.1) is 5.10 Å². The second kappa shape index (κ2) is 6.40. The molecule has 0 saturated carbocycles. The number of nitrogens with zero attached hydrogens (tertiary/aromatic N) is 2. The van der Waals surface area contributed by atoms with Crippen molar-refractivity contribution in [2.75, 3.05) is 0 Å². The monoisotopic (exact) mass is 307 g/mol. The summed E-state index contributed by atoms with van der Waals surface area (Å²) in [6.45, 7) is 1.74. The molecule has 0 spiro atoms. The van der Waals surface area contributed by atoms with Crippen molar-refractivity contribution >= 4 is 34.5 Å². The smallest absolute Gasteiger partial charge is 0.305 e. The molecule has 0 aromatic heterocycles. The molecule has 1 fully saturated rings. The quantitative estimate of drug-likeness (QED) is 0.571. The van der Waals surface area contributed by atoms with Crippen LogP contribution in [0.1, 0.15) is 18.9 Å². The van der Waals surface area contributed by atoms with Crippen LogP contribution in [-0.4, -0.2) is 38.2 Å². The van der Waals surface area contributed by atoms with Crippen molar-refractivity contribution in [3.05, 3.63) is 29.8 Å². The summed E-state index contributed by atoms with van der Waals surface area (Å²) < 4.78 is 0. The maximum atomic E-state index is 11.5. The fraction of sp³-hybridized carbons (Fsp3) is 0.231. The number of hydrogen-bond donors (Lipinski definition) is 3. The van der Waals surface area contributed by atoms with Crippen LogP contribution in [0.4, 0.5) is 0 Å². The number of aromatic hydroxyl groups is 1. The summed E-state index contributed by atoms with van der Waals surface area (Å²) >= 11 is 1.05. The molecule has 3 N–H and O–H groups in total. The van der Waals surface area contributed by atoms with Gasteiger partial charge in [-0.3, -0.25) is 9.59 Å². The summed E-state index contributed by atoms with van der Waals surface area (Å²) in [7, 11) is 0. The maximum Gasteiger partial charge on any atom is 0.305 e. The van der Waals surface area contributed by atoms with Gasteiger partial charge >= 0.3 is 5.97 Å². The lowest BCUT2D eigenvalue weighted by Crippen LogP contribution is -2.26. The standard InChI is InChI=1S/C13H13N3O4S/c1-7(8-2-4-9(17)5-3-8)15-16-13-14-12(20)10(21-13)6-11(18)19/h2-5,10,17H,6H2,1H3,(H,18,19)(H,14,16,20)/b15-7-/t10-/m1/s1. The van der Waals surface area contributed by atoms with Crippen LogP contribution in [0.25, 0.3) is 0 Å². The predicted molar refractivity (Wildman–Crippen MR) is 79.5 cm³/mol. The van der Waals surface area contributed by atoms with Crippen molar-refractivity contribution < 1.29 is 19.8 Å². The van der Waals surface area contributed by atoms with Crippen molar-refractivity contribution in [3.8, 4) is 5.75 Å². The van der Waals surface area contributed by atoms with E-state index >= 15 is 0 Å². The van der Waals surface area contributed by atoms with Crippen LogP contribution >= 0.6 is 11.8 Å². The van der Waals surface area contributed by atoms with Crippen LogP contribution in [0.5, 0.6) is 5.75 Å². The molecular weight excluding hydrogens is 294 g/mol. The molecule has 0 radical (unpaired) electrons. The molecule has 1 atom stereocenters. The van der Waals surface area contributed by atoms with Crippen LogP contribution < -0.4 is 5.32 Å². The molecule has 7 nitrogen and oxygen atoms in total. The lowest BCUT2D eigenvalue weighted by Gasteiger charge is -1.99. The van der Waals surface area contributed by atoms with E-state index < -0.39 is 11.2 Å². The van der Waals surface area contributed by atoms with Crippen LogP contribution in [0.2, 0.25) is 0 Å². The Bertz CT molecular complexity index is 625. The third-order valence-corrected chi connectivity index (χ3v) is 3.78. The molecule has 8 heteroatoms. The zero-order valence-corrected chi connectivity index (χ0v) is 11.9. The maximum absolute atomic E-state index is 11.5. The van der Waals surface area contributed by atoms with Gasteiger partial charge in [0, 0.05) is 0 Å². The molecular formula is C13H13N3O4S. The van der Waals surface area contributed by atoms with Crippen LogP contribution in [0, 0.1) is 0 Å². The van der Waals surface area contributed by atoms with Crippen molar-refractivity contribution in [3.63, 3.8) is 0 Å². The van der Waals surface area contributed by atoms with E-state index in [4.69, 9.17) is 5.11 Å². The fourth-order valence-electron chi connectivity index (χ4n) is 1.63. The van der Waals surface area contributed by atoms with E-state index in [-0.39, 0.29) is 23.2 Å². The third kappa shape index (κ3) is 4.06. The number of amidine groups is 1. The Hall–Kier alpha value is -2.35. The van der Waals surface area contributed by atoms with Gasteiger partial charge < -0.3 is 15.5 Å². The van der Waals surface area contributed by atoms with Gasteiger partial charge in [0.2, 0.25) is 5.91 Å². The lowest BCUT2D eigenvalue weighted by atomic mass is 10.1. The first kappa shape index (κ1) is 15.0. The van der Waals surface area contributed by atoms with Gasteiger partial charge in [0.1, 0.15) is 11.0 Å². The number of aliphatic carboxylic acids is 1. The SMILES string of the molecule is C/C(=N/N=C1/NC(=O)[C@@H](CC(=O)O)S1)c1ccc(O)cc1. The highest BCUT2D eigenvalue weighted by Crippen LogP contribution is 2.22. The zero-order valence-electron chi connectivity index (χ0n) is 11.1. The number of carbonyl (C=O) groups is 2. The van der Waals surface area contributed by atoms with E-state index in [0.717, 1.165) is 17.3 Å². The molecule has 110 valence electrons. The van der Waals surface area contributed by atoms with E-state index in [1.165, 1.54) is 12.1 Å². The molecule has 1 amide bonds. The number of phenolic OH excluding ortho intramolecular Hbond substituents is 1. The number of benzene rings is 1. The Labute approximate surface area is 124 Å². The minimum absolute atomic E-state index is 0.160. The number of carboxylic acid groups (broad SMARTS) is 1. The number of carbonyl (C=O) groups excluding carboxylic acids is 1. The van der Waals surface area contributed by atoms with Crippen molar-refractivity contribution in [2.45, 2.75) is 18.6 Å². The van der Waals surface area contributed by atoms with E-state index in [1.807, 2.05) is 0 Å². The largest absolute Gasteiger partial charge is 0.508 e. The van der Waals surface area contributed by atoms with Gasteiger partial charge in [0.15, 0.2) is 5.17 Å². The average molecular weight is 307 g/mol. The molecule has 0 unspecified atom stereocenters. The molecule has 1 aromatic carbocycles. The first-order chi connectivity index (χ1) is 9.95. The molecule has 0 aliphatic carbocycles. The van der Waals surface area contributed by atoms with Crippen molar-refractivity contribution in [2.24, 2.45) is 10.2 Å². The minimum Gasteiger partial charge on any atom is -0.508 e. The van der Waals surface area contributed by atoms with Gasteiger partial charge in [-0.05, 0) is 36.8 Å². The highest BCUT2D eigenvalue weighted by atomic mass is 32.2. The van der Waals surface area contributed by atoms with Crippen LogP contribution in [-0.2, 0) is 9.59 Å². The van der Waals surface area contributed by atoms with E-state index in [1.54, 1.807) is 19.1 Å². The molecule has 0 bridgehead atoms. The number of carboxylic acids is 1. The molecule has 2 rings (SSSR count). The van der Waals surface area contributed by atoms with Crippen LogP contribution in [0.15, 0.2) is 34.5 Å². The second-order valence-corrected chi connectivity index (χ2v) is 5.52. The van der Waals surface area contributed by atoms with E-state index in [2.05, 4.69) is 15.5 Å². The Morgan fingerprint density at radius 2 is 2.05 bits per heavy atom. The first-order valence-electron chi connectivity index (χ1n) is 6.06. The lowest BCUT2D eigenvalue weighted by molar-refractivity contribution is -0.138. The van der Waals surface area contributed by atoms with Crippen molar-refractivity contribution in [1.82, 2.24) is 5.32 Å². The highest BCUT2D eigenvalue weighted by molar-refractivity contribution is 8.15. The summed E-state index contributed by atoms with van der Waals surface area (Å²) in [5, 5.41) is 27.9. The Kier molecular flexibility index (Phi) is 4.59. The van der Waals surface area contributed by atoms with E-state index in [9.17, 15) is 14.7 Å². The number of thioether (sulfide) groups is 1. The van der Waals surface area contributed by atoms with E-state index in [0.29, 0.717) is 5.71 Å². The minimum atomic E-state index is -1.03. The van der Waals surface area contributed by atoms with Gasteiger partial charge in [-0.25, -0.2) is 0 Å². The topological polar surface area (TPSA) is 111 Å². The average Bonchev–Trinajstić information content (AvgIpc) is 2.77. The van der Waals surface area contributed by atoms with Crippen molar-refractivity contribution in [1.29, 1.82) is 0 Å². The number of rotatable bonds is 4. The Balaban J connectivity index is 2.07. The fourth-order valence-corrected chi connectivity index (χ4v) is 2.53. The summed E-state index contributed by atoms with van der Waals surface area (Å²) in [6.07, 6.45) is -0.254. The number of nitrogens with one attached hydrogen (secondary N) is 1. The first-order valence-corrected chi connectivity index (χ1v) is 6.94. The Morgan fingerprint density at radius 1 is 1.38 bits per heavy atom.